The lowest BCUT2D eigenvalue weighted by atomic mass is 10.1. The number of amides is 1. The first-order chi connectivity index (χ1) is 11.9. The summed E-state index contributed by atoms with van der Waals surface area (Å²) in [5.41, 5.74) is 2.02. The van der Waals surface area contributed by atoms with Crippen LogP contribution in [0.2, 0.25) is 5.02 Å². The Hall–Kier alpha value is -2.57. The Morgan fingerprint density at radius 2 is 2.04 bits per heavy atom. The van der Waals surface area contributed by atoms with Crippen molar-refractivity contribution in [2.45, 2.75) is 6.92 Å². The number of aliphatic imine (C=N–C) groups is 1. The Morgan fingerprint density at radius 3 is 2.76 bits per heavy atom. The fourth-order valence-electron chi connectivity index (χ4n) is 2.18. The molecule has 0 radical (unpaired) electrons. The summed E-state index contributed by atoms with van der Waals surface area (Å²) in [6, 6.07) is 11.7. The van der Waals surface area contributed by atoms with E-state index >= 15 is 0 Å². The topological polar surface area (TPSA) is 81.6 Å². The van der Waals surface area contributed by atoms with Crippen molar-refractivity contribution in [1.29, 1.82) is 0 Å². The van der Waals surface area contributed by atoms with Crippen molar-refractivity contribution in [2.24, 2.45) is 4.99 Å². The molecule has 0 spiro atoms. The van der Waals surface area contributed by atoms with Crippen LogP contribution in [-0.4, -0.2) is 17.0 Å². The Morgan fingerprint density at radius 1 is 1.28 bits per heavy atom. The van der Waals surface area contributed by atoms with Gasteiger partial charge in [0.25, 0.3) is 5.91 Å². The summed E-state index contributed by atoms with van der Waals surface area (Å²) in [6.07, 6.45) is 1.69. The molecule has 1 fully saturated rings. The van der Waals surface area contributed by atoms with Crippen LogP contribution in [0.5, 0.6) is 0 Å². The van der Waals surface area contributed by atoms with Gasteiger partial charge in [0.1, 0.15) is 0 Å². The zero-order valence-corrected chi connectivity index (χ0v) is 14.6. The van der Waals surface area contributed by atoms with Crippen molar-refractivity contribution >= 4 is 52.2 Å². The van der Waals surface area contributed by atoms with Crippen LogP contribution in [0.4, 0.5) is 5.69 Å². The number of nitrogens with zero attached hydrogens (tertiary/aromatic N) is 1. The molecule has 2 aromatic carbocycles. The number of aryl methyl sites for hydroxylation is 1. The fraction of sp³-hybridized carbons (Fsp3) is 0.0556. The predicted octanol–water partition coefficient (Wildman–Crippen LogP) is 2.90. The summed E-state index contributed by atoms with van der Waals surface area (Å²) in [6.45, 7) is 1.81. The maximum Gasteiger partial charge on any atom is 0.264 e. The highest BCUT2D eigenvalue weighted by molar-refractivity contribution is 8.18. The van der Waals surface area contributed by atoms with Gasteiger partial charge >= 0.3 is 0 Å². The van der Waals surface area contributed by atoms with E-state index in [4.69, 9.17) is 11.6 Å². The highest BCUT2D eigenvalue weighted by Gasteiger charge is 2.24. The van der Waals surface area contributed by atoms with E-state index in [1.165, 1.54) is 23.9 Å². The number of rotatable bonds is 3. The fourth-order valence-corrected chi connectivity index (χ4v) is 3.20. The maximum absolute atomic E-state index is 12.1. The molecule has 0 atom stereocenters. The number of carbonyl (C=O) groups is 2. The van der Waals surface area contributed by atoms with Gasteiger partial charge in [0.15, 0.2) is 5.17 Å². The van der Waals surface area contributed by atoms with Gasteiger partial charge in [-0.05, 0) is 53.6 Å². The molecule has 0 aromatic heterocycles. The molecule has 1 aliphatic heterocycles. The highest BCUT2D eigenvalue weighted by Crippen LogP contribution is 2.30. The van der Waals surface area contributed by atoms with Crippen LogP contribution >= 0.6 is 23.4 Å². The molecular formula is C18H12ClN2O3S-. The lowest BCUT2D eigenvalue weighted by Crippen LogP contribution is -2.22. The van der Waals surface area contributed by atoms with Gasteiger partial charge in [0, 0.05) is 5.02 Å². The molecule has 7 heteroatoms. The number of benzene rings is 2. The first kappa shape index (κ1) is 17.3. The molecule has 0 bridgehead atoms. The predicted molar refractivity (Wildman–Crippen MR) is 97.8 cm³/mol. The number of carboxylic acids is 1. The summed E-state index contributed by atoms with van der Waals surface area (Å²) in [7, 11) is 0. The second-order valence-electron chi connectivity index (χ2n) is 5.29. The standard InChI is InChI=1S/C18H13ClN2O3S/c1-10-6-7-12(17(23)24)8-14(10)20-18-21-16(22)15(25-18)9-11-4-2-3-5-13(11)19/h2-9H,1H3,(H,23,24)(H,20,21,22)/p-1/b15-9-. The van der Waals surface area contributed by atoms with Gasteiger partial charge in [0.05, 0.1) is 16.6 Å². The highest BCUT2D eigenvalue weighted by atomic mass is 35.5. The van der Waals surface area contributed by atoms with Gasteiger partial charge in [-0.15, -0.1) is 0 Å². The molecule has 1 amide bonds. The van der Waals surface area contributed by atoms with E-state index in [0.717, 1.165) is 11.1 Å². The normalized spacial score (nSPS) is 17.1. The van der Waals surface area contributed by atoms with Crippen LogP contribution < -0.4 is 10.4 Å². The zero-order valence-electron chi connectivity index (χ0n) is 13.1. The van der Waals surface area contributed by atoms with Crippen molar-refractivity contribution in [2.75, 3.05) is 0 Å². The first-order valence-electron chi connectivity index (χ1n) is 7.30. The molecule has 1 heterocycles. The van der Waals surface area contributed by atoms with Crippen LogP contribution in [0.25, 0.3) is 6.08 Å². The van der Waals surface area contributed by atoms with E-state index in [9.17, 15) is 14.7 Å². The molecule has 0 unspecified atom stereocenters. The summed E-state index contributed by atoms with van der Waals surface area (Å²) < 4.78 is 0. The largest absolute Gasteiger partial charge is 0.545 e. The minimum absolute atomic E-state index is 0.0334. The molecule has 1 saturated heterocycles. The second kappa shape index (κ2) is 7.13. The molecule has 2 aromatic rings. The average molecular weight is 372 g/mol. The van der Waals surface area contributed by atoms with E-state index in [0.29, 0.717) is 20.8 Å². The number of hydrogen-bond donors (Lipinski definition) is 1. The lowest BCUT2D eigenvalue weighted by Gasteiger charge is -2.06. The van der Waals surface area contributed by atoms with Crippen LogP contribution in [0.1, 0.15) is 21.5 Å². The smallest absolute Gasteiger partial charge is 0.264 e. The van der Waals surface area contributed by atoms with E-state index in [-0.39, 0.29) is 11.5 Å². The summed E-state index contributed by atoms with van der Waals surface area (Å²) >= 11 is 7.28. The number of amidine groups is 1. The Bertz CT molecular complexity index is 938. The lowest BCUT2D eigenvalue weighted by molar-refractivity contribution is -0.255. The van der Waals surface area contributed by atoms with E-state index in [1.807, 2.05) is 18.2 Å². The van der Waals surface area contributed by atoms with E-state index < -0.39 is 5.97 Å². The van der Waals surface area contributed by atoms with Gasteiger partial charge < -0.3 is 15.2 Å². The quantitative estimate of drug-likeness (QED) is 0.841. The molecule has 3 rings (SSSR count). The molecule has 126 valence electrons. The number of nitrogens with one attached hydrogen (secondary N) is 1. The Kier molecular flexibility index (Phi) is 4.92. The van der Waals surface area contributed by atoms with Crippen molar-refractivity contribution in [1.82, 2.24) is 5.32 Å². The summed E-state index contributed by atoms with van der Waals surface area (Å²) in [5, 5.41) is 14.6. The van der Waals surface area contributed by atoms with Gasteiger partial charge in [-0.25, -0.2) is 4.99 Å². The van der Waals surface area contributed by atoms with Gasteiger partial charge in [-0.3, -0.25) is 4.79 Å². The number of thioether (sulfide) groups is 1. The molecule has 25 heavy (non-hydrogen) atoms. The van der Waals surface area contributed by atoms with Crippen LogP contribution in [0.15, 0.2) is 52.4 Å². The molecule has 5 nitrogen and oxygen atoms in total. The SMILES string of the molecule is Cc1ccc(C(=O)[O-])cc1N=C1NC(=O)/C(=C/c2ccccc2Cl)S1. The number of halogens is 1. The van der Waals surface area contributed by atoms with Crippen molar-refractivity contribution in [3.8, 4) is 0 Å². The third-order valence-corrected chi connectivity index (χ3v) is 4.76. The number of carboxylic acid groups (broad SMARTS) is 1. The Balaban J connectivity index is 1.90. The number of aromatic carboxylic acids is 1. The van der Waals surface area contributed by atoms with Crippen molar-refractivity contribution in [3.63, 3.8) is 0 Å². The van der Waals surface area contributed by atoms with E-state index in [1.54, 1.807) is 25.1 Å². The third-order valence-electron chi connectivity index (χ3n) is 3.51. The van der Waals surface area contributed by atoms with Crippen molar-refractivity contribution in [3.05, 3.63) is 69.1 Å². The summed E-state index contributed by atoms with van der Waals surface area (Å²) in [5.74, 6) is -1.55. The summed E-state index contributed by atoms with van der Waals surface area (Å²) in [4.78, 5) is 27.9. The minimum atomic E-state index is -1.27. The number of carbonyl (C=O) groups excluding carboxylic acids is 2. The minimum Gasteiger partial charge on any atom is -0.545 e. The second-order valence-corrected chi connectivity index (χ2v) is 6.73. The molecule has 0 saturated carbocycles. The van der Waals surface area contributed by atoms with Crippen LogP contribution in [-0.2, 0) is 4.79 Å². The molecule has 0 aliphatic carbocycles. The van der Waals surface area contributed by atoms with Gasteiger partial charge in [-0.1, -0.05) is 41.9 Å². The number of hydrogen-bond acceptors (Lipinski definition) is 5. The molecule has 1 aliphatic rings. The van der Waals surface area contributed by atoms with Crippen LogP contribution in [0, 0.1) is 6.92 Å². The van der Waals surface area contributed by atoms with Gasteiger partial charge in [0.2, 0.25) is 0 Å². The van der Waals surface area contributed by atoms with Gasteiger partial charge in [-0.2, -0.15) is 0 Å². The first-order valence-corrected chi connectivity index (χ1v) is 8.49. The molecular weight excluding hydrogens is 360 g/mol. The monoisotopic (exact) mass is 371 g/mol. The van der Waals surface area contributed by atoms with Crippen LogP contribution in [0.3, 0.4) is 0 Å². The maximum atomic E-state index is 12.1. The third kappa shape index (κ3) is 3.92. The average Bonchev–Trinajstić information content (AvgIpc) is 2.91. The van der Waals surface area contributed by atoms with E-state index in [2.05, 4.69) is 10.3 Å². The molecule has 1 N–H and O–H groups in total. The van der Waals surface area contributed by atoms with Crippen molar-refractivity contribution < 1.29 is 14.7 Å². The zero-order chi connectivity index (χ0) is 18.0. The Labute approximate surface area is 153 Å².